The Balaban J connectivity index is 2.25. The molecule has 2 aromatic rings. The highest BCUT2D eigenvalue weighted by atomic mass is 32.2. The third-order valence-electron chi connectivity index (χ3n) is 3.08. The number of aryl methyl sites for hydroxylation is 2. The van der Waals surface area contributed by atoms with Gasteiger partial charge in [-0.3, -0.25) is 0 Å². The maximum Gasteiger partial charge on any atom is 0.241 e. The molecule has 0 atom stereocenters. The van der Waals surface area contributed by atoms with E-state index in [1.54, 1.807) is 31.2 Å². The summed E-state index contributed by atoms with van der Waals surface area (Å²) in [6.45, 7) is 6.15. The van der Waals surface area contributed by atoms with Crippen LogP contribution in [-0.2, 0) is 16.6 Å². The summed E-state index contributed by atoms with van der Waals surface area (Å²) < 4.78 is 37.9. The molecule has 2 rings (SSSR count). The van der Waals surface area contributed by atoms with E-state index in [9.17, 15) is 8.42 Å². The van der Waals surface area contributed by atoms with E-state index in [1.807, 2.05) is 13.8 Å². The summed E-state index contributed by atoms with van der Waals surface area (Å²) >= 11 is 0. The molecular formula is C15H19NO4S. The first-order valence-electron chi connectivity index (χ1n) is 6.70. The summed E-state index contributed by atoms with van der Waals surface area (Å²) in [6.07, 6.45) is 1.51. The van der Waals surface area contributed by atoms with Gasteiger partial charge in [-0.1, -0.05) is 0 Å². The van der Waals surface area contributed by atoms with Crippen molar-refractivity contribution in [3.63, 3.8) is 0 Å². The minimum absolute atomic E-state index is 0.126. The highest BCUT2D eigenvalue weighted by Crippen LogP contribution is 2.26. The van der Waals surface area contributed by atoms with E-state index < -0.39 is 10.0 Å². The molecule has 0 saturated carbocycles. The Hall–Kier alpha value is -1.79. The first kappa shape index (κ1) is 15.6. The predicted molar refractivity (Wildman–Crippen MR) is 79.8 cm³/mol. The number of hydrogen-bond acceptors (Lipinski definition) is 4. The van der Waals surface area contributed by atoms with Crippen molar-refractivity contribution in [2.45, 2.75) is 32.2 Å². The zero-order valence-corrected chi connectivity index (χ0v) is 13.2. The molecule has 0 aliphatic carbocycles. The Labute approximate surface area is 125 Å². The molecule has 1 heterocycles. The summed E-state index contributed by atoms with van der Waals surface area (Å²) in [7, 11) is -3.59. The first-order chi connectivity index (χ1) is 9.94. The van der Waals surface area contributed by atoms with Crippen LogP contribution in [0.3, 0.4) is 0 Å². The lowest BCUT2D eigenvalue weighted by atomic mass is 10.1. The lowest BCUT2D eigenvalue weighted by molar-refractivity contribution is 0.337. The smallest absolute Gasteiger partial charge is 0.241 e. The number of benzene rings is 1. The molecule has 1 aromatic heterocycles. The molecule has 5 nitrogen and oxygen atoms in total. The van der Waals surface area contributed by atoms with Gasteiger partial charge in [0.15, 0.2) is 0 Å². The molecule has 0 bridgehead atoms. The van der Waals surface area contributed by atoms with E-state index in [0.29, 0.717) is 23.7 Å². The summed E-state index contributed by atoms with van der Waals surface area (Å²) in [5.41, 5.74) is 1.44. The van der Waals surface area contributed by atoms with Gasteiger partial charge < -0.3 is 9.15 Å². The van der Waals surface area contributed by atoms with E-state index in [1.165, 1.54) is 6.26 Å². The molecule has 0 unspecified atom stereocenters. The molecule has 0 aliphatic heterocycles. The van der Waals surface area contributed by atoms with E-state index in [0.717, 1.165) is 5.56 Å². The molecule has 0 spiro atoms. The first-order valence-corrected chi connectivity index (χ1v) is 8.18. The Morgan fingerprint density at radius 1 is 1.24 bits per heavy atom. The third kappa shape index (κ3) is 3.65. The number of nitrogens with one attached hydrogen (secondary N) is 1. The second kappa shape index (κ2) is 6.32. The van der Waals surface area contributed by atoms with Crippen LogP contribution in [0.4, 0.5) is 0 Å². The number of hydrogen-bond donors (Lipinski definition) is 1. The van der Waals surface area contributed by atoms with Crippen LogP contribution in [-0.4, -0.2) is 15.0 Å². The van der Waals surface area contributed by atoms with Crippen molar-refractivity contribution < 1.29 is 17.6 Å². The highest BCUT2D eigenvalue weighted by Gasteiger charge is 2.19. The van der Waals surface area contributed by atoms with Crippen molar-refractivity contribution in [3.05, 3.63) is 47.4 Å². The van der Waals surface area contributed by atoms with Crippen molar-refractivity contribution in [2.75, 3.05) is 6.61 Å². The normalized spacial score (nSPS) is 11.6. The summed E-state index contributed by atoms with van der Waals surface area (Å²) in [5.74, 6) is 1.28. The van der Waals surface area contributed by atoms with Crippen LogP contribution in [0.25, 0.3) is 0 Å². The lowest BCUT2D eigenvalue weighted by Crippen LogP contribution is -2.24. The number of ether oxygens (including phenoxy) is 1. The van der Waals surface area contributed by atoms with Crippen LogP contribution in [0.5, 0.6) is 5.75 Å². The SMILES string of the molecule is CCOc1cc(C)c(S(=O)(=O)NCc2ccco2)cc1C. The van der Waals surface area contributed by atoms with E-state index in [4.69, 9.17) is 9.15 Å². The summed E-state index contributed by atoms with van der Waals surface area (Å²) in [4.78, 5) is 0.259. The standard InChI is InChI=1S/C15H19NO4S/c1-4-19-14-8-12(3)15(9-11(14)2)21(17,18)16-10-13-6-5-7-20-13/h5-9,16H,4,10H2,1-3H3. The van der Waals surface area contributed by atoms with Crippen LogP contribution < -0.4 is 9.46 Å². The highest BCUT2D eigenvalue weighted by molar-refractivity contribution is 7.89. The fraction of sp³-hybridized carbons (Fsp3) is 0.333. The van der Waals surface area contributed by atoms with Crippen molar-refractivity contribution >= 4 is 10.0 Å². The number of rotatable bonds is 6. The van der Waals surface area contributed by atoms with Crippen LogP contribution in [0.1, 0.15) is 23.8 Å². The maximum absolute atomic E-state index is 12.4. The molecule has 0 radical (unpaired) electrons. The molecule has 0 aliphatic rings. The molecule has 0 saturated heterocycles. The number of furan rings is 1. The third-order valence-corrected chi connectivity index (χ3v) is 4.62. The Morgan fingerprint density at radius 3 is 2.62 bits per heavy atom. The van der Waals surface area contributed by atoms with Crippen LogP contribution in [0.2, 0.25) is 0 Å². The van der Waals surface area contributed by atoms with Crippen LogP contribution in [0, 0.1) is 13.8 Å². The Bertz CT molecular complexity index is 706. The molecule has 0 amide bonds. The predicted octanol–water partition coefficient (Wildman–Crippen LogP) is 2.77. The van der Waals surface area contributed by atoms with Crippen molar-refractivity contribution in [2.24, 2.45) is 0 Å². The molecule has 21 heavy (non-hydrogen) atoms. The zero-order valence-electron chi connectivity index (χ0n) is 12.3. The van der Waals surface area contributed by atoms with E-state index in [2.05, 4.69) is 4.72 Å². The van der Waals surface area contributed by atoms with Gasteiger partial charge in [-0.05, 0) is 56.2 Å². The number of sulfonamides is 1. The molecule has 1 aromatic carbocycles. The van der Waals surface area contributed by atoms with Gasteiger partial charge in [-0.15, -0.1) is 0 Å². The fourth-order valence-corrected chi connectivity index (χ4v) is 3.32. The molecule has 6 heteroatoms. The maximum atomic E-state index is 12.4. The average molecular weight is 309 g/mol. The molecular weight excluding hydrogens is 290 g/mol. The van der Waals surface area contributed by atoms with Gasteiger partial charge in [0.2, 0.25) is 10.0 Å². The van der Waals surface area contributed by atoms with Gasteiger partial charge in [0.1, 0.15) is 11.5 Å². The Kier molecular flexibility index (Phi) is 4.69. The molecule has 0 fully saturated rings. The molecule has 114 valence electrons. The second-order valence-electron chi connectivity index (χ2n) is 4.72. The van der Waals surface area contributed by atoms with Crippen molar-refractivity contribution in [1.29, 1.82) is 0 Å². The quantitative estimate of drug-likeness (QED) is 0.891. The zero-order chi connectivity index (χ0) is 15.5. The topological polar surface area (TPSA) is 68.5 Å². The van der Waals surface area contributed by atoms with Gasteiger partial charge in [-0.2, -0.15) is 0 Å². The molecule has 1 N–H and O–H groups in total. The van der Waals surface area contributed by atoms with Gasteiger partial charge in [0, 0.05) is 0 Å². The van der Waals surface area contributed by atoms with Gasteiger partial charge >= 0.3 is 0 Å². The largest absolute Gasteiger partial charge is 0.494 e. The second-order valence-corrected chi connectivity index (χ2v) is 6.46. The van der Waals surface area contributed by atoms with Gasteiger partial charge in [0.05, 0.1) is 24.3 Å². The van der Waals surface area contributed by atoms with E-state index >= 15 is 0 Å². The van der Waals surface area contributed by atoms with Crippen molar-refractivity contribution in [3.8, 4) is 5.75 Å². The lowest BCUT2D eigenvalue weighted by Gasteiger charge is -2.13. The van der Waals surface area contributed by atoms with Gasteiger partial charge in [0.25, 0.3) is 0 Å². The Morgan fingerprint density at radius 2 is 2.00 bits per heavy atom. The summed E-state index contributed by atoms with van der Waals surface area (Å²) in [6, 6.07) is 6.82. The minimum atomic E-state index is -3.59. The monoisotopic (exact) mass is 309 g/mol. The minimum Gasteiger partial charge on any atom is -0.494 e. The average Bonchev–Trinajstić information content (AvgIpc) is 2.94. The van der Waals surface area contributed by atoms with Gasteiger partial charge in [-0.25, -0.2) is 13.1 Å². The fourth-order valence-electron chi connectivity index (χ4n) is 2.02. The van der Waals surface area contributed by atoms with Crippen LogP contribution >= 0.6 is 0 Å². The van der Waals surface area contributed by atoms with Crippen LogP contribution in [0.15, 0.2) is 39.8 Å². The van der Waals surface area contributed by atoms with Crippen molar-refractivity contribution in [1.82, 2.24) is 4.72 Å². The van der Waals surface area contributed by atoms with E-state index in [-0.39, 0.29) is 11.4 Å². The summed E-state index contributed by atoms with van der Waals surface area (Å²) in [5, 5.41) is 0.